The third-order valence-electron chi connectivity index (χ3n) is 5.23. The van der Waals surface area contributed by atoms with Gasteiger partial charge in [0.2, 0.25) is 5.91 Å². The maximum absolute atomic E-state index is 13.8. The molecule has 3 nitrogen and oxygen atoms in total. The molecule has 2 atom stereocenters. The average Bonchev–Trinajstić information content (AvgIpc) is 2.94. The lowest BCUT2D eigenvalue weighted by molar-refractivity contribution is -0.144. The zero-order chi connectivity index (χ0) is 15.7. The SMILES string of the molecule is CN(Cc1ccc(F)cc1F)C(=O)[C@@]12CCCC[C@H]1CNC2.Cl. The summed E-state index contributed by atoms with van der Waals surface area (Å²) >= 11 is 0. The first-order valence-electron chi connectivity index (χ1n) is 7.93. The molecule has 1 heterocycles. The fourth-order valence-corrected chi connectivity index (χ4v) is 4.03. The number of amides is 1. The van der Waals surface area contributed by atoms with Gasteiger partial charge in [-0.2, -0.15) is 0 Å². The molecule has 2 fully saturated rings. The summed E-state index contributed by atoms with van der Waals surface area (Å²) in [5.74, 6) is -0.719. The van der Waals surface area contributed by atoms with Crippen LogP contribution in [0.2, 0.25) is 0 Å². The molecule has 3 rings (SSSR count). The topological polar surface area (TPSA) is 32.3 Å². The molecule has 0 bridgehead atoms. The number of carbonyl (C=O) groups excluding carboxylic acids is 1. The zero-order valence-electron chi connectivity index (χ0n) is 13.3. The molecular formula is C17H23ClF2N2O. The Bertz CT molecular complexity index is 584. The Hall–Kier alpha value is -1.20. The maximum Gasteiger partial charge on any atom is 0.230 e. The molecule has 23 heavy (non-hydrogen) atoms. The second-order valence-electron chi connectivity index (χ2n) is 6.63. The number of hydrogen-bond acceptors (Lipinski definition) is 2. The highest BCUT2D eigenvalue weighted by Crippen LogP contribution is 2.45. The molecule has 0 spiro atoms. The Labute approximate surface area is 141 Å². The summed E-state index contributed by atoms with van der Waals surface area (Å²) < 4.78 is 26.8. The number of benzene rings is 1. The third kappa shape index (κ3) is 3.36. The van der Waals surface area contributed by atoms with Gasteiger partial charge >= 0.3 is 0 Å². The molecule has 1 aliphatic heterocycles. The van der Waals surface area contributed by atoms with Gasteiger partial charge in [-0.15, -0.1) is 12.4 Å². The highest BCUT2D eigenvalue weighted by atomic mass is 35.5. The van der Waals surface area contributed by atoms with Gasteiger partial charge in [-0.05, 0) is 31.4 Å². The molecule has 2 aliphatic rings. The molecule has 1 aliphatic carbocycles. The third-order valence-corrected chi connectivity index (χ3v) is 5.23. The Balaban J connectivity index is 0.00000192. The largest absolute Gasteiger partial charge is 0.341 e. The summed E-state index contributed by atoms with van der Waals surface area (Å²) in [6.45, 7) is 1.79. The minimum absolute atomic E-state index is 0. The van der Waals surface area contributed by atoms with E-state index in [2.05, 4.69) is 5.32 Å². The lowest BCUT2D eigenvalue weighted by atomic mass is 9.67. The molecule has 1 saturated carbocycles. The number of rotatable bonds is 3. The van der Waals surface area contributed by atoms with Gasteiger partial charge in [0.15, 0.2) is 0 Å². The van der Waals surface area contributed by atoms with Crippen LogP contribution in [0.1, 0.15) is 31.2 Å². The molecular weight excluding hydrogens is 322 g/mol. The minimum atomic E-state index is -0.596. The molecule has 1 aromatic rings. The summed E-state index contributed by atoms with van der Waals surface area (Å²) in [5, 5.41) is 3.35. The molecule has 0 radical (unpaired) electrons. The molecule has 1 saturated heterocycles. The highest BCUT2D eigenvalue weighted by molar-refractivity contribution is 5.85. The lowest BCUT2D eigenvalue weighted by Gasteiger charge is -2.39. The number of fused-ring (bicyclic) bond motifs is 1. The van der Waals surface area contributed by atoms with Crippen LogP contribution >= 0.6 is 12.4 Å². The van der Waals surface area contributed by atoms with Gasteiger partial charge in [-0.3, -0.25) is 4.79 Å². The summed E-state index contributed by atoms with van der Waals surface area (Å²) in [6, 6.07) is 3.51. The van der Waals surface area contributed by atoms with Crippen molar-refractivity contribution < 1.29 is 13.6 Å². The van der Waals surface area contributed by atoms with Gasteiger partial charge in [0.25, 0.3) is 0 Å². The first kappa shape index (κ1) is 18.1. The summed E-state index contributed by atoms with van der Waals surface area (Å²) in [7, 11) is 1.71. The second-order valence-corrected chi connectivity index (χ2v) is 6.63. The van der Waals surface area contributed by atoms with E-state index in [1.165, 1.54) is 18.6 Å². The van der Waals surface area contributed by atoms with Crippen molar-refractivity contribution in [3.8, 4) is 0 Å². The highest BCUT2D eigenvalue weighted by Gasteiger charge is 2.50. The maximum atomic E-state index is 13.8. The first-order chi connectivity index (χ1) is 10.5. The van der Waals surface area contributed by atoms with Crippen molar-refractivity contribution in [2.24, 2.45) is 11.3 Å². The molecule has 1 N–H and O–H groups in total. The number of nitrogens with one attached hydrogen (secondary N) is 1. The van der Waals surface area contributed by atoms with Gasteiger partial charge in [-0.1, -0.05) is 18.9 Å². The van der Waals surface area contributed by atoms with Crippen molar-refractivity contribution in [3.05, 3.63) is 35.4 Å². The van der Waals surface area contributed by atoms with Crippen LogP contribution in [0.4, 0.5) is 8.78 Å². The van der Waals surface area contributed by atoms with Gasteiger partial charge in [-0.25, -0.2) is 8.78 Å². The average molecular weight is 345 g/mol. The van der Waals surface area contributed by atoms with Gasteiger partial charge < -0.3 is 10.2 Å². The van der Waals surface area contributed by atoms with E-state index in [9.17, 15) is 13.6 Å². The summed E-state index contributed by atoms with van der Waals surface area (Å²) in [5.41, 5.74) is 0.0238. The van der Waals surface area contributed by atoms with Crippen molar-refractivity contribution in [1.82, 2.24) is 10.2 Å². The van der Waals surface area contributed by atoms with E-state index < -0.39 is 11.6 Å². The first-order valence-corrected chi connectivity index (χ1v) is 7.93. The summed E-state index contributed by atoms with van der Waals surface area (Å²) in [6.07, 6.45) is 4.23. The van der Waals surface area contributed by atoms with Gasteiger partial charge in [0.1, 0.15) is 11.6 Å². The van der Waals surface area contributed by atoms with Crippen LogP contribution in [0.15, 0.2) is 18.2 Å². The van der Waals surface area contributed by atoms with E-state index in [1.54, 1.807) is 11.9 Å². The van der Waals surface area contributed by atoms with Crippen LogP contribution in [-0.2, 0) is 11.3 Å². The van der Waals surface area contributed by atoms with Crippen LogP contribution < -0.4 is 5.32 Å². The lowest BCUT2D eigenvalue weighted by Crippen LogP contribution is -2.48. The van der Waals surface area contributed by atoms with Crippen LogP contribution in [-0.4, -0.2) is 30.9 Å². The monoisotopic (exact) mass is 344 g/mol. The Morgan fingerprint density at radius 2 is 2.17 bits per heavy atom. The molecule has 1 aromatic carbocycles. The molecule has 0 aromatic heterocycles. The normalized spacial score (nSPS) is 26.3. The number of hydrogen-bond donors (Lipinski definition) is 1. The molecule has 1 amide bonds. The minimum Gasteiger partial charge on any atom is -0.341 e. The standard InChI is InChI=1S/C17H22F2N2O.ClH/c1-21(10-12-5-6-14(18)8-15(12)19)16(22)17-7-3-2-4-13(17)9-20-11-17;/h5-6,8,13,20H,2-4,7,9-11H2,1H3;1H/t13-,17+;/m0./s1. The van der Waals surface area contributed by atoms with E-state index in [0.717, 1.165) is 31.9 Å². The van der Waals surface area contributed by atoms with Gasteiger partial charge in [0.05, 0.1) is 5.41 Å². The van der Waals surface area contributed by atoms with E-state index in [0.29, 0.717) is 18.0 Å². The second kappa shape index (κ2) is 7.14. The van der Waals surface area contributed by atoms with Crippen molar-refractivity contribution in [3.63, 3.8) is 0 Å². The Morgan fingerprint density at radius 3 is 2.91 bits per heavy atom. The summed E-state index contributed by atoms with van der Waals surface area (Å²) in [4.78, 5) is 14.6. The zero-order valence-corrected chi connectivity index (χ0v) is 14.1. The number of nitrogens with zero attached hydrogens (tertiary/aromatic N) is 1. The Kier molecular flexibility index (Phi) is 5.63. The van der Waals surface area contributed by atoms with Crippen molar-refractivity contribution in [2.45, 2.75) is 32.2 Å². The van der Waals surface area contributed by atoms with E-state index in [4.69, 9.17) is 0 Å². The van der Waals surface area contributed by atoms with Crippen molar-refractivity contribution in [2.75, 3.05) is 20.1 Å². The van der Waals surface area contributed by atoms with Crippen LogP contribution in [0.3, 0.4) is 0 Å². The van der Waals surface area contributed by atoms with Crippen LogP contribution in [0.25, 0.3) is 0 Å². The number of carbonyl (C=O) groups is 1. The smallest absolute Gasteiger partial charge is 0.230 e. The van der Waals surface area contributed by atoms with E-state index >= 15 is 0 Å². The predicted molar refractivity (Wildman–Crippen MR) is 87.3 cm³/mol. The van der Waals surface area contributed by atoms with E-state index in [1.807, 2.05) is 0 Å². The molecule has 128 valence electrons. The van der Waals surface area contributed by atoms with Crippen LogP contribution in [0, 0.1) is 23.0 Å². The van der Waals surface area contributed by atoms with Crippen molar-refractivity contribution in [1.29, 1.82) is 0 Å². The number of halogens is 3. The quantitative estimate of drug-likeness (QED) is 0.913. The fourth-order valence-electron chi connectivity index (χ4n) is 4.03. The molecule has 6 heteroatoms. The predicted octanol–water partition coefficient (Wildman–Crippen LogP) is 3.12. The van der Waals surface area contributed by atoms with E-state index in [-0.39, 0.29) is 30.3 Å². The Morgan fingerprint density at radius 1 is 1.39 bits per heavy atom. The van der Waals surface area contributed by atoms with Crippen molar-refractivity contribution >= 4 is 18.3 Å². The molecule has 0 unspecified atom stereocenters. The van der Waals surface area contributed by atoms with Crippen LogP contribution in [0.5, 0.6) is 0 Å². The van der Waals surface area contributed by atoms with Gasteiger partial charge in [0, 0.05) is 31.8 Å². The fraction of sp³-hybridized carbons (Fsp3) is 0.588.